The maximum atomic E-state index is 11.5. The number of nitrogens with two attached hydrogens (primary N) is 2. The van der Waals surface area contributed by atoms with Crippen LogP contribution >= 0.6 is 0 Å². The second kappa shape index (κ2) is 8.95. The molecule has 0 radical (unpaired) electrons. The van der Waals surface area contributed by atoms with E-state index in [0.717, 1.165) is 25.7 Å². The van der Waals surface area contributed by atoms with Crippen LogP contribution in [0.2, 0.25) is 0 Å². The van der Waals surface area contributed by atoms with Crippen LogP contribution in [0, 0.1) is 0 Å². The summed E-state index contributed by atoms with van der Waals surface area (Å²) in [6.07, 6.45) is 9.14. The van der Waals surface area contributed by atoms with Gasteiger partial charge in [-0.25, -0.2) is 0 Å². The average molecular weight is 297 g/mol. The maximum Gasteiger partial charge on any atom is 0.239 e. The second-order valence-electron chi connectivity index (χ2n) is 6.23. The number of Topliss-reactive ketones (excluding diaryl/α,β-unsaturated/α-hetero) is 1. The fourth-order valence-electron chi connectivity index (χ4n) is 1.99. The van der Waals surface area contributed by atoms with Gasteiger partial charge in [-0.1, -0.05) is 12.2 Å². The van der Waals surface area contributed by atoms with Crippen molar-refractivity contribution >= 4 is 11.7 Å². The zero-order valence-corrected chi connectivity index (χ0v) is 13.9. The molecule has 0 aliphatic rings. The lowest BCUT2D eigenvalue weighted by Crippen LogP contribution is -2.50. The molecular formula is C16H31N3O2. The molecule has 0 rings (SSSR count). The van der Waals surface area contributed by atoms with Gasteiger partial charge in [0.25, 0.3) is 0 Å². The highest BCUT2D eigenvalue weighted by Crippen LogP contribution is 2.13. The van der Waals surface area contributed by atoms with Gasteiger partial charge in [0, 0.05) is 7.05 Å². The number of hydrogen-bond acceptors (Lipinski definition) is 4. The van der Waals surface area contributed by atoms with Gasteiger partial charge in [-0.15, -0.1) is 0 Å². The third-order valence-corrected chi connectivity index (χ3v) is 3.85. The van der Waals surface area contributed by atoms with Crippen LogP contribution in [-0.2, 0) is 9.59 Å². The molecule has 21 heavy (non-hydrogen) atoms. The number of ketones is 1. The van der Waals surface area contributed by atoms with Crippen molar-refractivity contribution < 1.29 is 9.59 Å². The molecule has 122 valence electrons. The summed E-state index contributed by atoms with van der Waals surface area (Å²) >= 11 is 0. The van der Waals surface area contributed by atoms with E-state index in [4.69, 9.17) is 11.5 Å². The molecule has 5 N–H and O–H groups in total. The molecule has 0 aromatic heterocycles. The van der Waals surface area contributed by atoms with Crippen molar-refractivity contribution in [3.05, 3.63) is 12.2 Å². The number of carbonyl (C=O) groups is 2. The Bertz CT molecular complexity index is 374. The average Bonchev–Trinajstić information content (AvgIpc) is 2.40. The Kier molecular flexibility index (Phi) is 8.44. The minimum atomic E-state index is -0.800. The van der Waals surface area contributed by atoms with Crippen LogP contribution in [0.25, 0.3) is 0 Å². The molecule has 0 saturated heterocycles. The zero-order valence-electron chi connectivity index (χ0n) is 13.9. The van der Waals surface area contributed by atoms with E-state index >= 15 is 0 Å². The van der Waals surface area contributed by atoms with Gasteiger partial charge in [0.05, 0.1) is 11.1 Å². The monoisotopic (exact) mass is 297 g/mol. The predicted molar refractivity (Wildman–Crippen MR) is 86.8 cm³/mol. The first-order chi connectivity index (χ1) is 9.63. The number of unbranched alkanes of at least 4 members (excludes halogenated alkanes) is 2. The molecule has 0 bridgehead atoms. The van der Waals surface area contributed by atoms with E-state index in [-0.39, 0.29) is 11.7 Å². The number of allylic oxidation sites excluding steroid dienone is 2. The Morgan fingerprint density at radius 1 is 1.00 bits per heavy atom. The molecule has 0 spiro atoms. The molecule has 0 fully saturated rings. The first-order valence-electron chi connectivity index (χ1n) is 7.59. The van der Waals surface area contributed by atoms with Crippen molar-refractivity contribution in [1.29, 1.82) is 0 Å². The molecule has 5 heteroatoms. The maximum absolute atomic E-state index is 11.5. The molecule has 0 aliphatic heterocycles. The first kappa shape index (κ1) is 19.8. The molecular weight excluding hydrogens is 266 g/mol. The summed E-state index contributed by atoms with van der Waals surface area (Å²) in [6, 6.07) is 0. The smallest absolute Gasteiger partial charge is 0.239 e. The van der Waals surface area contributed by atoms with Crippen LogP contribution in [0.4, 0.5) is 0 Å². The minimum absolute atomic E-state index is 0.0305. The summed E-state index contributed by atoms with van der Waals surface area (Å²) in [5.74, 6) is -0.0964. The molecule has 0 saturated carbocycles. The second-order valence-corrected chi connectivity index (χ2v) is 6.23. The van der Waals surface area contributed by atoms with Crippen LogP contribution in [-0.4, -0.2) is 29.8 Å². The molecule has 0 heterocycles. The van der Waals surface area contributed by atoms with Gasteiger partial charge in [0.2, 0.25) is 5.91 Å². The van der Waals surface area contributed by atoms with E-state index in [2.05, 4.69) is 17.5 Å². The fraction of sp³-hybridized carbons (Fsp3) is 0.750. The summed E-state index contributed by atoms with van der Waals surface area (Å²) < 4.78 is 0. The Labute approximate surface area is 128 Å². The van der Waals surface area contributed by atoms with E-state index in [1.54, 1.807) is 20.9 Å². The van der Waals surface area contributed by atoms with E-state index in [1.165, 1.54) is 6.92 Å². The molecule has 5 nitrogen and oxygen atoms in total. The first-order valence-corrected chi connectivity index (χ1v) is 7.59. The fourth-order valence-corrected chi connectivity index (χ4v) is 1.99. The van der Waals surface area contributed by atoms with E-state index in [9.17, 15) is 9.59 Å². The van der Waals surface area contributed by atoms with Crippen LogP contribution < -0.4 is 16.8 Å². The lowest BCUT2D eigenvalue weighted by Gasteiger charge is -2.21. The van der Waals surface area contributed by atoms with Crippen molar-refractivity contribution in [1.82, 2.24) is 5.32 Å². The van der Waals surface area contributed by atoms with E-state index < -0.39 is 11.1 Å². The van der Waals surface area contributed by atoms with Crippen LogP contribution in [0.3, 0.4) is 0 Å². The van der Waals surface area contributed by atoms with Crippen molar-refractivity contribution in [2.75, 3.05) is 7.05 Å². The van der Waals surface area contributed by atoms with Gasteiger partial charge in [-0.2, -0.15) is 0 Å². The number of likely N-dealkylation sites (N-methyl/N-ethyl adjacent to an activating group) is 1. The molecule has 0 aliphatic carbocycles. The normalized spacial score (nSPS) is 17.2. The summed E-state index contributed by atoms with van der Waals surface area (Å²) in [5, 5.41) is 2.58. The number of amides is 1. The van der Waals surface area contributed by atoms with Crippen molar-refractivity contribution in [2.24, 2.45) is 11.5 Å². The topological polar surface area (TPSA) is 98.2 Å². The Balaban J connectivity index is 3.81. The SMILES string of the molecule is CNC(=O)[C@@](C)(N)CCC/C=C/CCC[C@](C)(N)C(C)=O. The standard InChI is InChI=1S/C16H31N3O2/c1-13(20)15(2,17)11-9-7-5-6-8-10-12-16(3,18)14(21)19-4/h5-6H,7-12,17-18H2,1-4H3,(H,19,21)/b6-5+/t15-,16-/m0/s1. The van der Waals surface area contributed by atoms with E-state index in [0.29, 0.717) is 12.8 Å². The lowest BCUT2D eigenvalue weighted by molar-refractivity contribution is -0.125. The number of nitrogens with one attached hydrogen (secondary N) is 1. The Morgan fingerprint density at radius 3 is 1.81 bits per heavy atom. The van der Waals surface area contributed by atoms with Gasteiger partial charge in [-0.3, -0.25) is 9.59 Å². The summed E-state index contributed by atoms with van der Waals surface area (Å²) in [6.45, 7) is 5.06. The van der Waals surface area contributed by atoms with Gasteiger partial charge >= 0.3 is 0 Å². The largest absolute Gasteiger partial charge is 0.358 e. The lowest BCUT2D eigenvalue weighted by atomic mass is 9.92. The molecule has 1 amide bonds. The quantitative estimate of drug-likeness (QED) is 0.422. The highest BCUT2D eigenvalue weighted by Gasteiger charge is 2.26. The summed E-state index contributed by atoms with van der Waals surface area (Å²) in [7, 11) is 1.60. The third-order valence-electron chi connectivity index (χ3n) is 3.85. The predicted octanol–water partition coefficient (Wildman–Crippen LogP) is 1.65. The Morgan fingerprint density at radius 2 is 1.43 bits per heavy atom. The highest BCUT2D eigenvalue weighted by atomic mass is 16.2. The van der Waals surface area contributed by atoms with Crippen LogP contribution in [0.1, 0.15) is 59.3 Å². The molecule has 2 atom stereocenters. The van der Waals surface area contributed by atoms with Crippen molar-refractivity contribution in [3.63, 3.8) is 0 Å². The molecule has 0 unspecified atom stereocenters. The van der Waals surface area contributed by atoms with Crippen LogP contribution in [0.5, 0.6) is 0 Å². The van der Waals surface area contributed by atoms with Gasteiger partial charge < -0.3 is 16.8 Å². The van der Waals surface area contributed by atoms with Gasteiger partial charge in [0.15, 0.2) is 0 Å². The molecule has 0 aromatic carbocycles. The van der Waals surface area contributed by atoms with Crippen LogP contribution in [0.15, 0.2) is 12.2 Å². The minimum Gasteiger partial charge on any atom is -0.358 e. The summed E-state index contributed by atoms with van der Waals surface area (Å²) in [4.78, 5) is 22.8. The number of hydrogen-bond donors (Lipinski definition) is 3. The summed E-state index contributed by atoms with van der Waals surface area (Å²) in [5.41, 5.74) is 10.3. The number of rotatable bonds is 10. The number of carbonyl (C=O) groups excluding carboxylic acids is 2. The van der Waals surface area contributed by atoms with Gasteiger partial charge in [0.1, 0.15) is 5.78 Å². The zero-order chi connectivity index (χ0) is 16.5. The van der Waals surface area contributed by atoms with E-state index in [1.807, 2.05) is 0 Å². The van der Waals surface area contributed by atoms with Gasteiger partial charge in [-0.05, 0) is 59.3 Å². The van der Waals surface area contributed by atoms with Crippen molar-refractivity contribution in [2.45, 2.75) is 70.4 Å². The molecule has 0 aromatic rings. The Hall–Kier alpha value is -1.20. The third kappa shape index (κ3) is 7.97. The highest BCUT2D eigenvalue weighted by molar-refractivity contribution is 5.85. The van der Waals surface area contributed by atoms with Crippen molar-refractivity contribution in [3.8, 4) is 0 Å².